The minimum absolute atomic E-state index is 0.583. The molecular weight excluding hydrogens is 250 g/mol. The summed E-state index contributed by atoms with van der Waals surface area (Å²) in [7, 11) is 0. The van der Waals surface area contributed by atoms with Gasteiger partial charge in [0.05, 0.1) is 0 Å². The number of hydrogen-bond acceptors (Lipinski definition) is 0. The van der Waals surface area contributed by atoms with E-state index in [1.165, 1.54) is 11.1 Å². The molecule has 1 aromatic rings. The van der Waals surface area contributed by atoms with Crippen LogP contribution in [0.1, 0.15) is 27.1 Å². The molecule has 0 fully saturated rings. The molecule has 3 heteroatoms. The van der Waals surface area contributed by atoms with Crippen LogP contribution < -0.4 is 0 Å². The molecule has 0 spiro atoms. The minimum atomic E-state index is -0.583. The van der Waals surface area contributed by atoms with Crippen molar-refractivity contribution < 1.29 is 0 Å². The smallest absolute Gasteiger partial charge is 0.103 e. The van der Waals surface area contributed by atoms with Gasteiger partial charge in [-0.15, -0.1) is 29.8 Å². The average Bonchev–Trinajstić information content (AvgIpc) is 2.18. The molecule has 1 rings (SSSR count). The number of rotatable bonds is 3. The summed E-state index contributed by atoms with van der Waals surface area (Å²) in [6, 6.07) is 1.96. The largest absolute Gasteiger partial charge is 0.134 e. The number of hydrogen-bond donors (Lipinski definition) is 0. The molecule has 82 valence electrons. The van der Waals surface area contributed by atoms with Crippen molar-refractivity contribution in [3.63, 3.8) is 0 Å². The highest BCUT2D eigenvalue weighted by molar-refractivity contribution is 6.45. The number of allylic oxidation sites excluding steroid dienone is 1. The maximum atomic E-state index is 6.17. The van der Waals surface area contributed by atoms with E-state index in [0.29, 0.717) is 5.02 Å². The van der Waals surface area contributed by atoms with Crippen LogP contribution in [0.25, 0.3) is 0 Å². The van der Waals surface area contributed by atoms with Gasteiger partial charge in [0.1, 0.15) is 4.84 Å². The molecule has 0 saturated carbocycles. The summed E-state index contributed by atoms with van der Waals surface area (Å²) in [5, 5.41) is 0.662. The van der Waals surface area contributed by atoms with Crippen molar-refractivity contribution in [1.82, 2.24) is 0 Å². The second kappa shape index (κ2) is 5.25. The lowest BCUT2D eigenvalue weighted by Gasteiger charge is -2.14. The number of alkyl halides is 2. The van der Waals surface area contributed by atoms with Crippen LogP contribution in [-0.2, 0) is 6.42 Å². The molecule has 0 N–H and O–H groups in total. The van der Waals surface area contributed by atoms with Crippen LogP contribution >= 0.6 is 34.8 Å². The molecule has 0 aliphatic heterocycles. The van der Waals surface area contributed by atoms with Crippen molar-refractivity contribution in [1.29, 1.82) is 0 Å². The Morgan fingerprint density at radius 3 is 2.40 bits per heavy atom. The topological polar surface area (TPSA) is 0 Å². The second-order valence-corrected chi connectivity index (χ2v) is 4.96. The highest BCUT2D eigenvalue weighted by Crippen LogP contribution is 2.36. The van der Waals surface area contributed by atoms with Gasteiger partial charge >= 0.3 is 0 Å². The molecule has 0 heterocycles. The minimum Gasteiger partial charge on any atom is -0.103 e. The predicted octanol–water partition coefficient (Wildman–Crippen LogP) is 5.16. The Morgan fingerprint density at radius 2 is 1.93 bits per heavy atom. The maximum Gasteiger partial charge on any atom is 0.134 e. The van der Waals surface area contributed by atoms with Gasteiger partial charge in [-0.1, -0.05) is 23.7 Å². The van der Waals surface area contributed by atoms with Gasteiger partial charge in [0.2, 0.25) is 0 Å². The van der Waals surface area contributed by atoms with Crippen LogP contribution in [0.2, 0.25) is 5.02 Å². The van der Waals surface area contributed by atoms with E-state index in [0.717, 1.165) is 17.5 Å². The summed E-state index contributed by atoms with van der Waals surface area (Å²) in [6.07, 6.45) is 2.66. The molecule has 0 amide bonds. The van der Waals surface area contributed by atoms with Gasteiger partial charge in [0, 0.05) is 10.6 Å². The summed E-state index contributed by atoms with van der Waals surface area (Å²) >= 11 is 17.9. The normalized spacial score (nSPS) is 10.8. The molecule has 0 aliphatic carbocycles. The van der Waals surface area contributed by atoms with Gasteiger partial charge in [-0.3, -0.25) is 0 Å². The lowest BCUT2D eigenvalue weighted by atomic mass is 9.98. The van der Waals surface area contributed by atoms with Crippen LogP contribution in [0.15, 0.2) is 18.7 Å². The Balaban J connectivity index is 3.37. The quantitative estimate of drug-likeness (QED) is 0.522. The third-order valence-electron chi connectivity index (χ3n) is 2.56. The lowest BCUT2D eigenvalue weighted by molar-refractivity contribution is 1.15. The molecular formula is C12H13Cl3. The van der Waals surface area contributed by atoms with E-state index < -0.39 is 4.84 Å². The van der Waals surface area contributed by atoms with Gasteiger partial charge in [0.25, 0.3) is 0 Å². The van der Waals surface area contributed by atoms with Crippen LogP contribution in [0.4, 0.5) is 0 Å². The van der Waals surface area contributed by atoms with Crippen LogP contribution in [0.5, 0.6) is 0 Å². The molecule has 0 nitrogen and oxygen atoms in total. The van der Waals surface area contributed by atoms with Crippen LogP contribution in [0.3, 0.4) is 0 Å². The Bertz CT molecular complexity index is 381. The fourth-order valence-electron chi connectivity index (χ4n) is 1.51. The summed E-state index contributed by atoms with van der Waals surface area (Å²) in [6.45, 7) is 7.74. The van der Waals surface area contributed by atoms with Gasteiger partial charge in [0.15, 0.2) is 0 Å². The second-order valence-electron chi connectivity index (χ2n) is 3.48. The molecule has 0 saturated heterocycles. The Kier molecular flexibility index (Phi) is 4.51. The standard InChI is InChI=1S/C12H13Cl3/c1-4-5-9-6-10(12(14)15)11(13)8(3)7(9)2/h4,6,12H,1,5H2,2-3H3. The van der Waals surface area contributed by atoms with Gasteiger partial charge in [-0.2, -0.15) is 0 Å². The monoisotopic (exact) mass is 262 g/mol. The van der Waals surface area contributed by atoms with E-state index in [4.69, 9.17) is 34.8 Å². The summed E-state index contributed by atoms with van der Waals surface area (Å²) in [5.74, 6) is 0. The van der Waals surface area contributed by atoms with E-state index >= 15 is 0 Å². The molecule has 0 aliphatic rings. The van der Waals surface area contributed by atoms with E-state index in [2.05, 4.69) is 6.58 Å². The zero-order chi connectivity index (χ0) is 11.6. The molecule has 0 radical (unpaired) electrons. The highest BCUT2D eigenvalue weighted by atomic mass is 35.5. The lowest BCUT2D eigenvalue weighted by Crippen LogP contribution is -1.97. The first-order chi connectivity index (χ1) is 6.99. The first kappa shape index (κ1) is 12.9. The molecule has 1 aromatic carbocycles. The summed E-state index contributed by atoms with van der Waals surface area (Å²) in [4.78, 5) is -0.583. The Labute approximate surface area is 106 Å². The number of benzene rings is 1. The van der Waals surface area contributed by atoms with E-state index in [1.807, 2.05) is 26.0 Å². The molecule has 0 atom stereocenters. The van der Waals surface area contributed by atoms with Crippen molar-refractivity contribution in [2.24, 2.45) is 0 Å². The molecule has 0 bridgehead atoms. The van der Waals surface area contributed by atoms with Crippen molar-refractivity contribution >= 4 is 34.8 Å². The van der Waals surface area contributed by atoms with Crippen LogP contribution in [-0.4, -0.2) is 0 Å². The molecule has 0 unspecified atom stereocenters. The SMILES string of the molecule is C=CCc1cc(C(Cl)Cl)c(Cl)c(C)c1C. The number of halogens is 3. The van der Waals surface area contributed by atoms with Crippen molar-refractivity contribution in [2.45, 2.75) is 25.1 Å². The van der Waals surface area contributed by atoms with Crippen molar-refractivity contribution in [3.8, 4) is 0 Å². The zero-order valence-electron chi connectivity index (χ0n) is 8.78. The molecule has 0 aromatic heterocycles. The average molecular weight is 264 g/mol. The summed E-state index contributed by atoms with van der Waals surface area (Å²) in [5.41, 5.74) is 4.17. The van der Waals surface area contributed by atoms with Gasteiger partial charge < -0.3 is 0 Å². The van der Waals surface area contributed by atoms with Crippen molar-refractivity contribution in [3.05, 3.63) is 46.0 Å². The molecule has 15 heavy (non-hydrogen) atoms. The fourth-order valence-corrected chi connectivity index (χ4v) is 2.27. The van der Waals surface area contributed by atoms with Gasteiger partial charge in [-0.25, -0.2) is 0 Å². The van der Waals surface area contributed by atoms with Crippen LogP contribution in [0, 0.1) is 13.8 Å². The zero-order valence-corrected chi connectivity index (χ0v) is 11.0. The maximum absolute atomic E-state index is 6.17. The first-order valence-corrected chi connectivity index (χ1v) is 5.91. The van der Waals surface area contributed by atoms with Crippen molar-refractivity contribution in [2.75, 3.05) is 0 Å². The third kappa shape index (κ3) is 2.69. The van der Waals surface area contributed by atoms with E-state index in [9.17, 15) is 0 Å². The highest BCUT2D eigenvalue weighted by Gasteiger charge is 2.14. The Morgan fingerprint density at radius 1 is 1.33 bits per heavy atom. The third-order valence-corrected chi connectivity index (χ3v) is 3.53. The van der Waals surface area contributed by atoms with Gasteiger partial charge in [-0.05, 0) is 37.0 Å². The fraction of sp³-hybridized carbons (Fsp3) is 0.333. The predicted molar refractivity (Wildman–Crippen MR) is 69.3 cm³/mol. The summed E-state index contributed by atoms with van der Waals surface area (Å²) < 4.78 is 0. The van der Waals surface area contributed by atoms with E-state index in [1.54, 1.807) is 0 Å². The first-order valence-electron chi connectivity index (χ1n) is 4.66. The van der Waals surface area contributed by atoms with E-state index in [-0.39, 0.29) is 0 Å². The Hall–Kier alpha value is -0.170.